The van der Waals surface area contributed by atoms with Crippen molar-refractivity contribution < 1.29 is 57.8 Å². The fraction of sp³-hybridized carbons (Fsp3) is 0.235. The van der Waals surface area contributed by atoms with Crippen LogP contribution in [-0.4, -0.2) is 24.6 Å². The molecule has 2 N–H and O–H groups in total. The summed E-state index contributed by atoms with van der Waals surface area (Å²) in [7, 11) is 0. The average Bonchev–Trinajstić information content (AvgIpc) is 2.58. The molecule has 0 fully saturated rings. The molecule has 2 aromatic carbocycles. The van der Waals surface area contributed by atoms with Gasteiger partial charge in [-0.1, -0.05) is 28.1 Å². The van der Waals surface area contributed by atoms with Crippen molar-refractivity contribution in [3.63, 3.8) is 0 Å². The van der Waals surface area contributed by atoms with Crippen LogP contribution >= 0.6 is 15.9 Å². The molecule has 0 atom stereocenters. The molecule has 0 saturated carbocycles. The lowest BCUT2D eigenvalue weighted by Crippen LogP contribution is -2.50. The Kier molecular flexibility index (Phi) is 6.49. The summed E-state index contributed by atoms with van der Waals surface area (Å²) >= 11 is 2.43. The summed E-state index contributed by atoms with van der Waals surface area (Å²) in [6, 6.07) is 1.83. The lowest BCUT2D eigenvalue weighted by molar-refractivity contribution is -0.348. The minimum absolute atomic E-state index is 0.129. The first-order chi connectivity index (χ1) is 14.3. The molecule has 0 spiro atoms. The third kappa shape index (κ3) is 4.61. The van der Waals surface area contributed by atoms with E-state index in [-0.39, 0.29) is 6.07 Å². The van der Waals surface area contributed by atoms with E-state index in [1.807, 2.05) is 0 Å². The molecule has 0 unspecified atom stereocenters. The van der Waals surface area contributed by atoms with Crippen molar-refractivity contribution in [1.82, 2.24) is 0 Å². The van der Waals surface area contributed by atoms with E-state index in [1.165, 1.54) is 0 Å². The van der Waals surface area contributed by atoms with Gasteiger partial charge in [-0.15, -0.1) is 13.2 Å². The van der Waals surface area contributed by atoms with Gasteiger partial charge in [-0.25, -0.2) is 8.78 Å². The zero-order valence-electron chi connectivity index (χ0n) is 14.8. The van der Waals surface area contributed by atoms with Crippen LogP contribution in [0, 0.1) is 5.82 Å². The number of nitrogens with two attached hydrogens (primary N) is 1. The van der Waals surface area contributed by atoms with Crippen molar-refractivity contribution in [2.24, 2.45) is 5.73 Å². The van der Waals surface area contributed by atoms with Crippen LogP contribution in [0.2, 0.25) is 0 Å². The van der Waals surface area contributed by atoms with Crippen LogP contribution in [0.25, 0.3) is 11.1 Å². The Bertz CT molecular complexity index is 1030. The van der Waals surface area contributed by atoms with Gasteiger partial charge < -0.3 is 10.5 Å². The summed E-state index contributed by atoms with van der Waals surface area (Å²) in [6.07, 6.45) is -19.0. The lowest BCUT2D eigenvalue weighted by atomic mass is 9.91. The lowest BCUT2D eigenvalue weighted by Gasteiger charge is -2.31. The first-order valence-electron chi connectivity index (χ1n) is 7.82. The maximum absolute atomic E-state index is 14.6. The van der Waals surface area contributed by atoms with Crippen molar-refractivity contribution in [3.8, 4) is 16.9 Å². The second kappa shape index (κ2) is 8.08. The largest absolute Gasteiger partial charge is 0.573 e. The number of primary amides is 1. The van der Waals surface area contributed by atoms with Gasteiger partial charge in [0.15, 0.2) is 0 Å². The van der Waals surface area contributed by atoms with Gasteiger partial charge in [-0.2, -0.15) is 26.3 Å². The highest BCUT2D eigenvalue weighted by Gasteiger charge is 2.73. The monoisotopic (exact) mass is 545 g/mol. The smallest absolute Gasteiger partial charge is 0.405 e. The van der Waals surface area contributed by atoms with Crippen LogP contribution in [0.5, 0.6) is 5.75 Å². The second-order valence-corrected chi connectivity index (χ2v) is 6.92. The first kappa shape index (κ1) is 25.7. The molecular formula is C17H7BrF11NO2. The molecule has 0 radical (unpaired) electrons. The fourth-order valence-corrected chi connectivity index (χ4v) is 3.31. The van der Waals surface area contributed by atoms with E-state index in [9.17, 15) is 53.1 Å². The Hall–Kier alpha value is -2.58. The molecule has 2 aromatic rings. The first-order valence-corrected chi connectivity index (χ1v) is 8.61. The molecule has 0 bridgehead atoms. The van der Waals surface area contributed by atoms with Crippen molar-refractivity contribution in [2.45, 2.75) is 24.4 Å². The minimum atomic E-state index is -6.64. The SMILES string of the molecule is NC(=O)c1cccc(-c2c(Br)cc(C(F)(C(F)(F)F)C(F)(F)F)cc2OC(F)(F)F)c1F. The number of halogens is 12. The number of carbonyl (C=O) groups excluding carboxylic acids is 1. The number of rotatable bonds is 4. The number of hydrogen-bond acceptors (Lipinski definition) is 2. The Morgan fingerprint density at radius 2 is 1.44 bits per heavy atom. The molecule has 0 saturated heterocycles. The highest BCUT2D eigenvalue weighted by Crippen LogP contribution is 2.55. The van der Waals surface area contributed by atoms with Gasteiger partial charge in [0, 0.05) is 21.2 Å². The Morgan fingerprint density at radius 3 is 1.88 bits per heavy atom. The molecule has 0 heterocycles. The molecule has 0 aromatic heterocycles. The van der Waals surface area contributed by atoms with Gasteiger partial charge in [0.05, 0.1) is 5.56 Å². The highest BCUT2D eigenvalue weighted by atomic mass is 79.9. The third-order valence-electron chi connectivity index (χ3n) is 3.99. The maximum atomic E-state index is 14.6. The van der Waals surface area contributed by atoms with E-state index in [1.54, 1.807) is 0 Å². The van der Waals surface area contributed by atoms with Crippen molar-refractivity contribution in [2.75, 3.05) is 0 Å². The molecule has 15 heteroatoms. The number of benzene rings is 2. The van der Waals surface area contributed by atoms with Crippen molar-refractivity contribution in [1.29, 1.82) is 0 Å². The highest BCUT2D eigenvalue weighted by molar-refractivity contribution is 9.10. The van der Waals surface area contributed by atoms with E-state index in [4.69, 9.17) is 5.73 Å². The standard InChI is InChI=1S/C17H7BrF11NO2/c18-9-4-6(14(20,15(21,22)23)16(24,25)26)5-10(32-17(27,28)29)11(9)7-2-1-3-8(12(7)19)13(30)31/h1-5H,(H2,30,31). The van der Waals surface area contributed by atoms with Gasteiger partial charge in [-0.3, -0.25) is 4.79 Å². The third-order valence-corrected chi connectivity index (χ3v) is 4.62. The average molecular weight is 546 g/mol. The van der Waals surface area contributed by atoms with Crippen LogP contribution in [0.1, 0.15) is 15.9 Å². The maximum Gasteiger partial charge on any atom is 0.573 e. The van der Waals surface area contributed by atoms with E-state index in [0.717, 1.165) is 18.2 Å². The van der Waals surface area contributed by atoms with E-state index in [0.29, 0.717) is 0 Å². The van der Waals surface area contributed by atoms with Crippen molar-refractivity contribution >= 4 is 21.8 Å². The van der Waals surface area contributed by atoms with Gasteiger partial charge >= 0.3 is 24.4 Å². The van der Waals surface area contributed by atoms with E-state index < -0.39 is 74.7 Å². The molecular weight excluding hydrogens is 539 g/mol. The summed E-state index contributed by atoms with van der Waals surface area (Å²) in [5.74, 6) is -4.75. The summed E-state index contributed by atoms with van der Waals surface area (Å²) in [4.78, 5) is 11.3. The number of carbonyl (C=O) groups is 1. The molecule has 0 aliphatic heterocycles. The zero-order valence-corrected chi connectivity index (χ0v) is 16.4. The Labute approximate surface area is 179 Å². The summed E-state index contributed by atoms with van der Waals surface area (Å²) < 4.78 is 148. The molecule has 3 nitrogen and oxygen atoms in total. The van der Waals surface area contributed by atoms with E-state index >= 15 is 0 Å². The van der Waals surface area contributed by atoms with Crippen LogP contribution in [0.4, 0.5) is 48.3 Å². The quantitative estimate of drug-likeness (QED) is 0.443. The Balaban J connectivity index is 2.94. The summed E-state index contributed by atoms with van der Waals surface area (Å²) in [6.45, 7) is 0. The number of amides is 1. The second-order valence-electron chi connectivity index (χ2n) is 6.06. The van der Waals surface area contributed by atoms with Gasteiger partial charge in [0.1, 0.15) is 11.6 Å². The van der Waals surface area contributed by atoms with Gasteiger partial charge in [0.2, 0.25) is 0 Å². The molecule has 176 valence electrons. The predicted octanol–water partition coefficient (Wildman–Crippen LogP) is 6.54. The minimum Gasteiger partial charge on any atom is -0.405 e. The van der Waals surface area contributed by atoms with E-state index in [2.05, 4.69) is 20.7 Å². The number of hydrogen-bond donors (Lipinski definition) is 1. The van der Waals surface area contributed by atoms with Crippen LogP contribution in [0.15, 0.2) is 34.8 Å². The fourth-order valence-electron chi connectivity index (χ4n) is 2.65. The Morgan fingerprint density at radius 1 is 0.906 bits per heavy atom. The van der Waals surface area contributed by atoms with Gasteiger partial charge in [0.25, 0.3) is 5.91 Å². The molecule has 2 rings (SSSR count). The molecule has 32 heavy (non-hydrogen) atoms. The number of ether oxygens (including phenoxy) is 1. The molecule has 0 aliphatic carbocycles. The topological polar surface area (TPSA) is 52.3 Å². The molecule has 0 aliphatic rings. The number of alkyl halides is 10. The zero-order chi connectivity index (χ0) is 24.9. The van der Waals surface area contributed by atoms with Crippen LogP contribution in [-0.2, 0) is 5.67 Å². The van der Waals surface area contributed by atoms with Crippen molar-refractivity contribution in [3.05, 3.63) is 51.7 Å². The van der Waals surface area contributed by atoms with Crippen LogP contribution < -0.4 is 10.5 Å². The summed E-state index contributed by atoms with van der Waals surface area (Å²) in [5, 5.41) is 0. The van der Waals surface area contributed by atoms with Gasteiger partial charge in [-0.05, 0) is 18.2 Å². The van der Waals surface area contributed by atoms with Crippen LogP contribution in [0.3, 0.4) is 0 Å². The summed E-state index contributed by atoms with van der Waals surface area (Å²) in [5.41, 5.74) is -6.34. The normalized spacial score (nSPS) is 13.2. The molecule has 1 amide bonds. The predicted molar refractivity (Wildman–Crippen MR) is 89.6 cm³/mol.